The standard InChI is InChI=1S/C4H12N2SSi/c1-2-3-6(8)4(5)7/h2-3H2,1,8H3,(H2,5,7). The molecule has 0 spiro atoms. The Labute approximate surface area is 58.5 Å². The molecule has 0 aliphatic heterocycles. The third kappa shape index (κ3) is 2.98. The number of thiocarbonyl (C=S) groups is 1. The molecule has 0 fully saturated rings. The molecule has 0 aromatic carbocycles. The fourth-order valence-electron chi connectivity index (χ4n) is 0.446. The van der Waals surface area contributed by atoms with Crippen LogP contribution in [0.15, 0.2) is 0 Å². The fourth-order valence-corrected chi connectivity index (χ4v) is 0.984. The average Bonchev–Trinajstić information content (AvgIpc) is 1.67. The Bertz CT molecular complexity index is 86.1. The highest BCUT2D eigenvalue weighted by Crippen LogP contribution is 1.82. The molecular weight excluding hydrogens is 136 g/mol. The molecule has 2 N–H and O–H groups in total. The molecule has 8 heavy (non-hydrogen) atoms. The fraction of sp³-hybridized carbons (Fsp3) is 0.750. The van der Waals surface area contributed by atoms with E-state index in [9.17, 15) is 0 Å². The first-order valence-corrected chi connectivity index (χ1v) is 3.99. The van der Waals surface area contributed by atoms with Crippen molar-refractivity contribution < 1.29 is 0 Å². The first-order valence-electron chi connectivity index (χ1n) is 2.69. The highest BCUT2D eigenvalue weighted by molar-refractivity contribution is 7.80. The van der Waals surface area contributed by atoms with Crippen LogP contribution in [0, 0.1) is 0 Å². The summed E-state index contributed by atoms with van der Waals surface area (Å²) in [4.78, 5) is 0. The van der Waals surface area contributed by atoms with Crippen molar-refractivity contribution in [3.05, 3.63) is 0 Å². The summed E-state index contributed by atoms with van der Waals surface area (Å²) in [6.07, 6.45) is 1.13. The van der Waals surface area contributed by atoms with Gasteiger partial charge in [0, 0.05) is 6.54 Å². The van der Waals surface area contributed by atoms with E-state index in [2.05, 4.69) is 6.92 Å². The van der Waals surface area contributed by atoms with Crippen molar-refractivity contribution in [1.82, 2.24) is 4.57 Å². The summed E-state index contributed by atoms with van der Waals surface area (Å²) >= 11 is 4.72. The molecule has 0 aliphatic carbocycles. The number of nitrogens with zero attached hydrogens (tertiary/aromatic N) is 1. The zero-order valence-corrected chi connectivity index (χ0v) is 8.16. The third-order valence-electron chi connectivity index (χ3n) is 0.935. The molecule has 0 unspecified atom stereocenters. The van der Waals surface area contributed by atoms with Gasteiger partial charge in [-0.25, -0.2) is 0 Å². The zero-order valence-electron chi connectivity index (χ0n) is 5.35. The van der Waals surface area contributed by atoms with E-state index in [0.29, 0.717) is 5.11 Å². The van der Waals surface area contributed by atoms with E-state index in [1.165, 1.54) is 0 Å². The van der Waals surface area contributed by atoms with E-state index >= 15 is 0 Å². The highest BCUT2D eigenvalue weighted by atomic mass is 32.1. The van der Waals surface area contributed by atoms with Crippen LogP contribution < -0.4 is 5.73 Å². The number of hydrogen-bond acceptors (Lipinski definition) is 1. The third-order valence-corrected chi connectivity index (χ3v) is 2.50. The quantitative estimate of drug-likeness (QED) is 0.411. The summed E-state index contributed by atoms with van der Waals surface area (Å²) in [5, 5.41) is 0.540. The van der Waals surface area contributed by atoms with Crippen LogP contribution in [0.2, 0.25) is 0 Å². The Morgan fingerprint density at radius 3 is 2.50 bits per heavy atom. The van der Waals surface area contributed by atoms with E-state index in [0.717, 1.165) is 23.4 Å². The van der Waals surface area contributed by atoms with Crippen LogP contribution in [0.1, 0.15) is 13.3 Å². The van der Waals surface area contributed by atoms with Crippen molar-refractivity contribution in [1.29, 1.82) is 0 Å². The molecule has 0 saturated heterocycles. The molecule has 48 valence electrons. The van der Waals surface area contributed by atoms with Gasteiger partial charge in [-0.3, -0.25) is 0 Å². The lowest BCUT2D eigenvalue weighted by molar-refractivity contribution is 0.639. The molecule has 0 aliphatic rings. The van der Waals surface area contributed by atoms with Gasteiger partial charge in [0.05, 0.1) is 0 Å². The van der Waals surface area contributed by atoms with Gasteiger partial charge in [0.1, 0.15) is 10.4 Å². The lowest BCUT2D eigenvalue weighted by Crippen LogP contribution is -2.33. The summed E-state index contributed by atoms with van der Waals surface area (Å²) in [6, 6.07) is 0. The largest absolute Gasteiger partial charge is 0.385 e. The Morgan fingerprint density at radius 2 is 2.38 bits per heavy atom. The summed E-state index contributed by atoms with van der Waals surface area (Å²) in [6.45, 7) is 3.13. The maximum atomic E-state index is 5.31. The predicted molar refractivity (Wildman–Crippen MR) is 43.7 cm³/mol. The second-order valence-corrected chi connectivity index (χ2v) is 3.26. The summed E-state index contributed by atoms with van der Waals surface area (Å²) in [5.74, 6) is 0. The van der Waals surface area contributed by atoms with Crippen molar-refractivity contribution in [2.24, 2.45) is 5.73 Å². The van der Waals surface area contributed by atoms with Gasteiger partial charge >= 0.3 is 0 Å². The maximum absolute atomic E-state index is 5.31. The van der Waals surface area contributed by atoms with Crippen LogP contribution in [0.25, 0.3) is 0 Å². The molecule has 0 amide bonds. The highest BCUT2D eigenvalue weighted by Gasteiger charge is 1.92. The van der Waals surface area contributed by atoms with Crippen LogP contribution in [-0.4, -0.2) is 26.6 Å². The van der Waals surface area contributed by atoms with Gasteiger partial charge in [-0.2, -0.15) is 0 Å². The smallest absolute Gasteiger partial charge is 0.157 e. The molecular formula is C4H12N2SSi. The molecule has 0 radical (unpaired) electrons. The molecule has 2 nitrogen and oxygen atoms in total. The van der Waals surface area contributed by atoms with E-state index in [1.807, 2.05) is 4.57 Å². The van der Waals surface area contributed by atoms with Crippen molar-refractivity contribution in [2.45, 2.75) is 13.3 Å². The Kier molecular flexibility index (Phi) is 3.81. The number of nitrogens with two attached hydrogens (primary N) is 1. The SMILES string of the molecule is CCCN([SiH3])C(N)=S. The molecule has 0 aromatic rings. The van der Waals surface area contributed by atoms with Crippen LogP contribution in [0.5, 0.6) is 0 Å². The lowest BCUT2D eigenvalue weighted by atomic mass is 10.5. The molecule has 0 heterocycles. The van der Waals surface area contributed by atoms with Gasteiger partial charge in [-0.15, -0.1) is 0 Å². The monoisotopic (exact) mass is 148 g/mol. The predicted octanol–water partition coefficient (Wildman–Crippen LogP) is -0.778. The molecule has 0 atom stereocenters. The molecule has 4 heteroatoms. The van der Waals surface area contributed by atoms with E-state index < -0.39 is 0 Å². The first kappa shape index (κ1) is 7.91. The minimum Gasteiger partial charge on any atom is -0.385 e. The second-order valence-electron chi connectivity index (χ2n) is 1.76. The molecule has 0 bridgehead atoms. The molecule has 0 rings (SSSR count). The second kappa shape index (κ2) is 3.85. The molecule has 0 saturated carbocycles. The Balaban J connectivity index is 3.32. The van der Waals surface area contributed by atoms with E-state index in [1.54, 1.807) is 0 Å². The van der Waals surface area contributed by atoms with E-state index in [4.69, 9.17) is 18.0 Å². The van der Waals surface area contributed by atoms with Gasteiger partial charge in [0.15, 0.2) is 5.11 Å². The van der Waals surface area contributed by atoms with Crippen LogP contribution in [0.4, 0.5) is 0 Å². The van der Waals surface area contributed by atoms with Gasteiger partial charge in [0.2, 0.25) is 0 Å². The minimum atomic E-state index is 0.540. The van der Waals surface area contributed by atoms with E-state index in [-0.39, 0.29) is 0 Å². The first-order chi connectivity index (χ1) is 3.68. The maximum Gasteiger partial charge on any atom is 0.157 e. The van der Waals surface area contributed by atoms with Crippen molar-refractivity contribution in [3.8, 4) is 0 Å². The van der Waals surface area contributed by atoms with Crippen LogP contribution >= 0.6 is 12.2 Å². The summed E-state index contributed by atoms with van der Waals surface area (Å²) in [7, 11) is 0.950. The van der Waals surface area contributed by atoms with Crippen molar-refractivity contribution >= 4 is 27.7 Å². The van der Waals surface area contributed by atoms with Crippen molar-refractivity contribution in [3.63, 3.8) is 0 Å². The Hall–Kier alpha value is -0.0931. The lowest BCUT2D eigenvalue weighted by Gasteiger charge is -2.14. The minimum absolute atomic E-state index is 0.540. The normalized spacial score (nSPS) is 9.12. The average molecular weight is 148 g/mol. The zero-order chi connectivity index (χ0) is 6.57. The van der Waals surface area contributed by atoms with Gasteiger partial charge < -0.3 is 10.3 Å². The van der Waals surface area contributed by atoms with Gasteiger partial charge in [-0.05, 0) is 18.6 Å². The summed E-state index contributed by atoms with van der Waals surface area (Å²) in [5.41, 5.74) is 5.31. The van der Waals surface area contributed by atoms with Crippen LogP contribution in [-0.2, 0) is 0 Å². The number of hydrogen-bond donors (Lipinski definition) is 1. The van der Waals surface area contributed by atoms with Gasteiger partial charge in [0.25, 0.3) is 0 Å². The topological polar surface area (TPSA) is 29.3 Å². The van der Waals surface area contributed by atoms with Crippen molar-refractivity contribution in [2.75, 3.05) is 6.54 Å². The molecule has 0 aromatic heterocycles. The number of rotatable bonds is 2. The Morgan fingerprint density at radius 1 is 1.88 bits per heavy atom. The van der Waals surface area contributed by atoms with Gasteiger partial charge in [-0.1, -0.05) is 6.92 Å². The summed E-state index contributed by atoms with van der Waals surface area (Å²) < 4.78 is 2.00. The van der Waals surface area contributed by atoms with Crippen LogP contribution in [0.3, 0.4) is 0 Å².